The Labute approximate surface area is 113 Å². The highest BCUT2D eigenvalue weighted by Gasteiger charge is 2.24. The second-order valence-electron chi connectivity index (χ2n) is 4.54. The Bertz CT molecular complexity index is 410. The van der Waals surface area contributed by atoms with E-state index in [9.17, 15) is 0 Å². The van der Waals surface area contributed by atoms with Crippen molar-refractivity contribution in [3.63, 3.8) is 0 Å². The predicted molar refractivity (Wildman–Crippen MR) is 81.1 cm³/mol. The number of rotatable bonds is 2. The van der Waals surface area contributed by atoms with Crippen LogP contribution in [0.25, 0.3) is 0 Å². The van der Waals surface area contributed by atoms with E-state index in [4.69, 9.17) is 18.0 Å². The summed E-state index contributed by atoms with van der Waals surface area (Å²) in [5, 5.41) is 1.30. The second kappa shape index (κ2) is 5.27. The van der Waals surface area contributed by atoms with Crippen LogP contribution in [-0.2, 0) is 0 Å². The third kappa shape index (κ3) is 2.93. The molecule has 0 amide bonds. The van der Waals surface area contributed by atoms with Gasteiger partial charge in [0.15, 0.2) is 0 Å². The van der Waals surface area contributed by atoms with Crippen LogP contribution in [0.1, 0.15) is 19.4 Å². The Morgan fingerprint density at radius 1 is 1.29 bits per heavy atom. The van der Waals surface area contributed by atoms with Gasteiger partial charge in [0.1, 0.15) is 4.99 Å². The number of hydrogen-bond acceptors (Lipinski definition) is 3. The molecule has 0 bridgehead atoms. The highest BCUT2D eigenvalue weighted by molar-refractivity contribution is 8.00. The summed E-state index contributed by atoms with van der Waals surface area (Å²) in [6.07, 6.45) is 0. The van der Waals surface area contributed by atoms with E-state index < -0.39 is 0 Å². The van der Waals surface area contributed by atoms with Gasteiger partial charge in [-0.05, 0) is 12.1 Å². The smallest absolute Gasteiger partial charge is 0.106 e. The molecular formula is C13H18N2S2. The SMILES string of the molecule is CC1CN(c2ccccc2C(N)=S)CC(C)S1. The monoisotopic (exact) mass is 266 g/mol. The fraction of sp³-hybridized carbons (Fsp3) is 0.462. The van der Waals surface area contributed by atoms with Crippen molar-refractivity contribution in [1.29, 1.82) is 0 Å². The van der Waals surface area contributed by atoms with Gasteiger partial charge in [-0.2, -0.15) is 11.8 Å². The number of anilines is 1. The maximum atomic E-state index is 5.79. The van der Waals surface area contributed by atoms with Crippen LogP contribution in [0.2, 0.25) is 0 Å². The molecule has 0 saturated carbocycles. The number of hydrogen-bond donors (Lipinski definition) is 1. The topological polar surface area (TPSA) is 29.3 Å². The first kappa shape index (κ1) is 12.7. The summed E-state index contributed by atoms with van der Waals surface area (Å²) in [6, 6.07) is 8.16. The minimum atomic E-state index is 0.485. The fourth-order valence-corrected chi connectivity index (χ4v) is 3.83. The molecule has 1 fully saturated rings. The second-order valence-corrected chi connectivity index (χ2v) is 6.87. The molecule has 1 aliphatic rings. The number of benzene rings is 1. The van der Waals surface area contributed by atoms with Crippen molar-refractivity contribution < 1.29 is 0 Å². The Balaban J connectivity index is 2.30. The van der Waals surface area contributed by atoms with E-state index in [1.54, 1.807) is 0 Å². The van der Waals surface area contributed by atoms with Gasteiger partial charge in [-0.1, -0.05) is 38.2 Å². The van der Waals surface area contributed by atoms with Crippen LogP contribution in [0.4, 0.5) is 5.69 Å². The summed E-state index contributed by atoms with van der Waals surface area (Å²) in [6.45, 7) is 6.68. The van der Waals surface area contributed by atoms with Crippen molar-refractivity contribution in [2.24, 2.45) is 5.73 Å². The Hall–Kier alpha value is -0.740. The number of nitrogens with zero attached hydrogens (tertiary/aromatic N) is 1. The van der Waals surface area contributed by atoms with Gasteiger partial charge in [-0.15, -0.1) is 0 Å². The minimum absolute atomic E-state index is 0.485. The van der Waals surface area contributed by atoms with Gasteiger partial charge in [0, 0.05) is 34.8 Å². The van der Waals surface area contributed by atoms with Gasteiger partial charge in [-0.25, -0.2) is 0 Å². The molecule has 1 aromatic rings. The maximum Gasteiger partial charge on any atom is 0.106 e. The molecule has 1 aromatic carbocycles. The maximum absolute atomic E-state index is 5.79. The molecule has 1 saturated heterocycles. The molecule has 1 heterocycles. The Morgan fingerprint density at radius 2 is 1.88 bits per heavy atom. The number of thioether (sulfide) groups is 1. The van der Waals surface area contributed by atoms with E-state index in [0.717, 1.165) is 18.7 Å². The zero-order valence-electron chi connectivity index (χ0n) is 10.2. The fourth-order valence-electron chi connectivity index (χ4n) is 2.33. The van der Waals surface area contributed by atoms with Crippen molar-refractivity contribution in [1.82, 2.24) is 0 Å². The van der Waals surface area contributed by atoms with Gasteiger partial charge >= 0.3 is 0 Å². The first-order valence-electron chi connectivity index (χ1n) is 5.87. The van der Waals surface area contributed by atoms with E-state index >= 15 is 0 Å². The molecule has 2 rings (SSSR count). The highest BCUT2D eigenvalue weighted by Crippen LogP contribution is 2.30. The molecule has 17 heavy (non-hydrogen) atoms. The zero-order chi connectivity index (χ0) is 12.4. The lowest BCUT2D eigenvalue weighted by atomic mass is 10.1. The van der Waals surface area contributed by atoms with Gasteiger partial charge in [0.2, 0.25) is 0 Å². The molecule has 0 aliphatic carbocycles. The summed E-state index contributed by atoms with van der Waals surface area (Å²) in [4.78, 5) is 2.89. The van der Waals surface area contributed by atoms with E-state index in [1.165, 1.54) is 5.69 Å². The molecule has 2 nitrogen and oxygen atoms in total. The highest BCUT2D eigenvalue weighted by atomic mass is 32.2. The third-order valence-electron chi connectivity index (χ3n) is 2.93. The van der Waals surface area contributed by atoms with Gasteiger partial charge < -0.3 is 10.6 Å². The normalized spacial score (nSPS) is 24.7. The molecule has 92 valence electrons. The van der Waals surface area contributed by atoms with Crippen LogP contribution in [0.15, 0.2) is 24.3 Å². The first-order chi connectivity index (χ1) is 8.08. The van der Waals surface area contributed by atoms with Crippen LogP contribution in [0.3, 0.4) is 0 Å². The molecule has 1 aliphatic heterocycles. The number of para-hydroxylation sites is 1. The molecule has 2 N–H and O–H groups in total. The predicted octanol–water partition coefficient (Wildman–Crippen LogP) is 2.65. The van der Waals surface area contributed by atoms with Crippen molar-refractivity contribution in [3.8, 4) is 0 Å². The lowest BCUT2D eigenvalue weighted by molar-refractivity contribution is 0.728. The Morgan fingerprint density at radius 3 is 2.47 bits per heavy atom. The van der Waals surface area contributed by atoms with Crippen molar-refractivity contribution in [2.45, 2.75) is 24.3 Å². The van der Waals surface area contributed by atoms with Gasteiger partial charge in [-0.3, -0.25) is 0 Å². The molecule has 2 unspecified atom stereocenters. The van der Waals surface area contributed by atoms with E-state index in [-0.39, 0.29) is 0 Å². The zero-order valence-corrected chi connectivity index (χ0v) is 11.9. The number of thiocarbonyl (C=S) groups is 1. The lowest BCUT2D eigenvalue weighted by Crippen LogP contribution is -2.41. The van der Waals surface area contributed by atoms with Crippen molar-refractivity contribution in [3.05, 3.63) is 29.8 Å². The largest absolute Gasteiger partial charge is 0.389 e. The van der Waals surface area contributed by atoms with E-state index in [1.807, 2.05) is 30.0 Å². The average Bonchev–Trinajstić information content (AvgIpc) is 2.27. The molecule has 4 heteroatoms. The lowest BCUT2D eigenvalue weighted by Gasteiger charge is -2.37. The summed E-state index contributed by atoms with van der Waals surface area (Å²) in [5.41, 5.74) is 7.96. The van der Waals surface area contributed by atoms with Crippen LogP contribution in [0.5, 0.6) is 0 Å². The summed E-state index contributed by atoms with van der Waals surface area (Å²) < 4.78 is 0. The minimum Gasteiger partial charge on any atom is -0.389 e. The van der Waals surface area contributed by atoms with Crippen molar-refractivity contribution in [2.75, 3.05) is 18.0 Å². The van der Waals surface area contributed by atoms with Crippen molar-refractivity contribution >= 4 is 34.7 Å². The average molecular weight is 266 g/mol. The van der Waals surface area contributed by atoms with Gasteiger partial charge in [0.25, 0.3) is 0 Å². The van der Waals surface area contributed by atoms with Crippen LogP contribution >= 0.6 is 24.0 Å². The van der Waals surface area contributed by atoms with Crippen LogP contribution in [-0.4, -0.2) is 28.6 Å². The van der Waals surface area contributed by atoms with E-state index in [2.05, 4.69) is 24.8 Å². The molecule has 0 radical (unpaired) electrons. The van der Waals surface area contributed by atoms with Gasteiger partial charge in [0.05, 0.1) is 0 Å². The summed E-state index contributed by atoms with van der Waals surface area (Å²) in [5.74, 6) is 0. The quantitative estimate of drug-likeness (QED) is 0.833. The first-order valence-corrected chi connectivity index (χ1v) is 7.22. The Kier molecular flexibility index (Phi) is 3.94. The molecule has 0 aromatic heterocycles. The standard InChI is InChI=1S/C13H18N2S2/c1-9-7-15(8-10(2)17-9)12-6-4-3-5-11(12)13(14)16/h3-6,9-10H,7-8H2,1-2H3,(H2,14,16). The molecule has 0 spiro atoms. The van der Waals surface area contributed by atoms with Crippen LogP contribution < -0.4 is 10.6 Å². The summed E-state index contributed by atoms with van der Waals surface area (Å²) in [7, 11) is 0. The third-order valence-corrected chi connectivity index (χ3v) is 4.38. The molecular weight excluding hydrogens is 248 g/mol. The summed E-state index contributed by atoms with van der Waals surface area (Å²) >= 11 is 7.17. The van der Waals surface area contributed by atoms with Crippen LogP contribution in [0, 0.1) is 0 Å². The molecule has 2 atom stereocenters. The number of nitrogens with two attached hydrogens (primary N) is 1. The van der Waals surface area contributed by atoms with E-state index in [0.29, 0.717) is 15.5 Å².